The number of carbonyl (C=O) groups is 1. The van der Waals surface area contributed by atoms with Gasteiger partial charge in [0.05, 0.1) is 28.3 Å². The van der Waals surface area contributed by atoms with Crippen molar-refractivity contribution in [2.75, 3.05) is 12.4 Å². The van der Waals surface area contributed by atoms with Crippen molar-refractivity contribution >= 4 is 34.5 Å². The molecule has 3 aromatic rings. The maximum absolute atomic E-state index is 12.9. The molecule has 1 heterocycles. The smallest absolute Gasteiger partial charge is 0.416 e. The van der Waals surface area contributed by atoms with E-state index in [-0.39, 0.29) is 17.3 Å². The highest BCUT2D eigenvalue weighted by Gasteiger charge is 2.31. The molecular formula is C20H15ClF3NO3S. The van der Waals surface area contributed by atoms with Gasteiger partial charge in [0.2, 0.25) is 0 Å². The van der Waals surface area contributed by atoms with E-state index in [9.17, 15) is 18.0 Å². The molecule has 0 saturated heterocycles. The predicted octanol–water partition coefficient (Wildman–Crippen LogP) is 6.26. The molecule has 0 bridgehead atoms. The van der Waals surface area contributed by atoms with Crippen LogP contribution in [0.2, 0.25) is 5.02 Å². The number of ether oxygens (including phenoxy) is 2. The number of alkyl halides is 3. The molecule has 1 aromatic heterocycles. The molecule has 0 fully saturated rings. The molecule has 0 radical (unpaired) electrons. The minimum absolute atomic E-state index is 0.0180. The van der Waals surface area contributed by atoms with Crippen LogP contribution in [0.25, 0.3) is 0 Å². The van der Waals surface area contributed by atoms with E-state index in [0.717, 1.165) is 35.1 Å². The number of thiophene rings is 1. The lowest BCUT2D eigenvalue weighted by Crippen LogP contribution is -2.12. The molecule has 0 aliphatic heterocycles. The second-order valence-electron chi connectivity index (χ2n) is 5.93. The molecule has 0 saturated carbocycles. The molecule has 9 heteroatoms. The molecule has 2 aromatic carbocycles. The summed E-state index contributed by atoms with van der Waals surface area (Å²) in [6.07, 6.45) is -4.53. The Bertz CT molecular complexity index is 1020. The van der Waals surface area contributed by atoms with E-state index in [4.69, 9.17) is 21.1 Å². The van der Waals surface area contributed by atoms with Gasteiger partial charge in [-0.05, 0) is 41.8 Å². The van der Waals surface area contributed by atoms with Crippen LogP contribution in [0.3, 0.4) is 0 Å². The summed E-state index contributed by atoms with van der Waals surface area (Å²) < 4.78 is 49.4. The van der Waals surface area contributed by atoms with Crippen molar-refractivity contribution in [2.45, 2.75) is 12.8 Å². The average Bonchev–Trinajstić information content (AvgIpc) is 3.16. The van der Waals surface area contributed by atoms with Gasteiger partial charge in [-0.2, -0.15) is 13.2 Å². The first-order valence-electron chi connectivity index (χ1n) is 8.28. The maximum Gasteiger partial charge on any atom is 0.416 e. The van der Waals surface area contributed by atoms with Crippen LogP contribution in [0.1, 0.15) is 20.8 Å². The van der Waals surface area contributed by atoms with Crippen LogP contribution in [-0.4, -0.2) is 13.0 Å². The van der Waals surface area contributed by atoms with Crippen LogP contribution < -0.4 is 14.8 Å². The number of hydrogen-bond donors (Lipinski definition) is 1. The average molecular weight is 442 g/mol. The summed E-state index contributed by atoms with van der Waals surface area (Å²) in [4.78, 5) is 12.7. The Morgan fingerprint density at radius 2 is 1.90 bits per heavy atom. The maximum atomic E-state index is 12.9. The van der Waals surface area contributed by atoms with Gasteiger partial charge < -0.3 is 14.8 Å². The summed E-state index contributed by atoms with van der Waals surface area (Å²) in [5.41, 5.74) is -0.247. The SMILES string of the molecule is COc1cccc(OCc2csc(C(=O)Nc3cc(C(F)(F)F)ccc3Cl)c2)c1. The standard InChI is InChI=1S/C20H15ClF3NO3S/c1-27-14-3-2-4-15(9-14)28-10-12-7-18(29-11-12)19(26)25-17-8-13(20(22,23)24)5-6-16(17)21/h2-9,11H,10H2,1H3,(H,25,26). The molecule has 0 unspecified atom stereocenters. The van der Waals surface area contributed by atoms with E-state index >= 15 is 0 Å². The van der Waals surface area contributed by atoms with Crippen LogP contribution in [0.5, 0.6) is 11.5 Å². The molecule has 1 N–H and O–H groups in total. The van der Waals surface area contributed by atoms with Crippen molar-refractivity contribution in [3.63, 3.8) is 0 Å². The van der Waals surface area contributed by atoms with Crippen LogP contribution in [0, 0.1) is 0 Å². The van der Waals surface area contributed by atoms with E-state index in [0.29, 0.717) is 16.4 Å². The number of benzene rings is 2. The van der Waals surface area contributed by atoms with Crippen molar-refractivity contribution in [2.24, 2.45) is 0 Å². The topological polar surface area (TPSA) is 47.6 Å². The zero-order valence-electron chi connectivity index (χ0n) is 15.0. The van der Waals surface area contributed by atoms with Crippen LogP contribution in [0.15, 0.2) is 53.9 Å². The molecule has 1 amide bonds. The van der Waals surface area contributed by atoms with Crippen molar-refractivity contribution < 1.29 is 27.4 Å². The van der Waals surface area contributed by atoms with Gasteiger partial charge in [-0.15, -0.1) is 11.3 Å². The molecule has 0 aliphatic carbocycles. The Morgan fingerprint density at radius 1 is 1.14 bits per heavy atom. The monoisotopic (exact) mass is 441 g/mol. The fraction of sp³-hybridized carbons (Fsp3) is 0.150. The lowest BCUT2D eigenvalue weighted by atomic mass is 10.2. The quantitative estimate of drug-likeness (QED) is 0.491. The van der Waals surface area contributed by atoms with E-state index in [1.54, 1.807) is 42.8 Å². The number of halogens is 4. The van der Waals surface area contributed by atoms with Crippen molar-refractivity contribution in [3.8, 4) is 11.5 Å². The third kappa shape index (κ3) is 5.42. The van der Waals surface area contributed by atoms with E-state index in [1.807, 2.05) is 0 Å². The minimum Gasteiger partial charge on any atom is -0.497 e. The lowest BCUT2D eigenvalue weighted by Gasteiger charge is -2.11. The first kappa shape index (κ1) is 21.0. The van der Waals surface area contributed by atoms with Crippen LogP contribution >= 0.6 is 22.9 Å². The van der Waals surface area contributed by atoms with Gasteiger partial charge in [0.15, 0.2) is 0 Å². The zero-order valence-corrected chi connectivity index (χ0v) is 16.6. The fourth-order valence-electron chi connectivity index (χ4n) is 2.41. The van der Waals surface area contributed by atoms with Gasteiger partial charge in [0, 0.05) is 11.6 Å². The second-order valence-corrected chi connectivity index (χ2v) is 7.25. The largest absolute Gasteiger partial charge is 0.497 e. The van der Waals surface area contributed by atoms with Gasteiger partial charge in [0.1, 0.15) is 18.1 Å². The van der Waals surface area contributed by atoms with Gasteiger partial charge in [0.25, 0.3) is 5.91 Å². The number of carbonyl (C=O) groups excluding carboxylic acids is 1. The Balaban J connectivity index is 1.66. The zero-order chi connectivity index (χ0) is 21.0. The Hall–Kier alpha value is -2.71. The van der Waals surface area contributed by atoms with Crippen molar-refractivity contribution in [1.29, 1.82) is 0 Å². The number of methoxy groups -OCH3 is 1. The predicted molar refractivity (Wildman–Crippen MR) is 106 cm³/mol. The first-order chi connectivity index (χ1) is 13.8. The fourth-order valence-corrected chi connectivity index (χ4v) is 3.37. The Morgan fingerprint density at radius 3 is 2.62 bits per heavy atom. The first-order valence-corrected chi connectivity index (χ1v) is 9.54. The Kier molecular flexibility index (Phi) is 6.34. The Labute approximate surface area is 173 Å². The summed E-state index contributed by atoms with van der Waals surface area (Å²) in [5.74, 6) is 0.715. The van der Waals surface area contributed by atoms with E-state index in [1.165, 1.54) is 0 Å². The van der Waals surface area contributed by atoms with Crippen molar-refractivity contribution in [1.82, 2.24) is 0 Å². The van der Waals surface area contributed by atoms with Gasteiger partial charge in [-0.1, -0.05) is 17.7 Å². The highest BCUT2D eigenvalue weighted by molar-refractivity contribution is 7.12. The minimum atomic E-state index is -4.53. The van der Waals surface area contributed by atoms with Gasteiger partial charge >= 0.3 is 6.18 Å². The number of anilines is 1. The molecule has 152 valence electrons. The third-order valence-electron chi connectivity index (χ3n) is 3.87. The van der Waals surface area contributed by atoms with E-state index < -0.39 is 17.6 Å². The molecule has 0 spiro atoms. The van der Waals surface area contributed by atoms with Gasteiger partial charge in [-0.3, -0.25) is 4.79 Å². The number of amides is 1. The van der Waals surface area contributed by atoms with Gasteiger partial charge in [-0.25, -0.2) is 0 Å². The molecule has 3 rings (SSSR count). The molecule has 29 heavy (non-hydrogen) atoms. The normalized spacial score (nSPS) is 11.2. The second kappa shape index (κ2) is 8.75. The highest BCUT2D eigenvalue weighted by Crippen LogP contribution is 2.34. The molecule has 0 atom stereocenters. The third-order valence-corrected chi connectivity index (χ3v) is 5.17. The highest BCUT2D eigenvalue weighted by atomic mass is 35.5. The molecule has 0 aliphatic rings. The van der Waals surface area contributed by atoms with Crippen LogP contribution in [-0.2, 0) is 12.8 Å². The van der Waals surface area contributed by atoms with Crippen molar-refractivity contribution in [3.05, 3.63) is 74.9 Å². The van der Waals surface area contributed by atoms with E-state index in [2.05, 4.69) is 5.32 Å². The summed E-state index contributed by atoms with van der Waals surface area (Å²) in [6, 6.07) is 11.5. The summed E-state index contributed by atoms with van der Waals surface area (Å²) in [7, 11) is 1.56. The number of rotatable bonds is 6. The lowest BCUT2D eigenvalue weighted by molar-refractivity contribution is -0.137. The number of hydrogen-bond acceptors (Lipinski definition) is 4. The number of nitrogens with one attached hydrogen (secondary N) is 1. The molecule has 4 nitrogen and oxygen atoms in total. The summed E-state index contributed by atoms with van der Waals surface area (Å²) in [5, 5.41) is 4.18. The summed E-state index contributed by atoms with van der Waals surface area (Å²) in [6.45, 7) is 0.223. The van der Waals surface area contributed by atoms with Crippen LogP contribution in [0.4, 0.5) is 18.9 Å². The molecular weight excluding hydrogens is 427 g/mol. The summed E-state index contributed by atoms with van der Waals surface area (Å²) >= 11 is 7.07.